The van der Waals surface area contributed by atoms with E-state index in [9.17, 15) is 4.79 Å². The summed E-state index contributed by atoms with van der Waals surface area (Å²) in [5.74, 6) is 1.06. The maximum absolute atomic E-state index is 12.6. The Labute approximate surface area is 127 Å². The Kier molecular flexibility index (Phi) is 4.03. The highest BCUT2D eigenvalue weighted by atomic mass is 16.2. The molecule has 21 heavy (non-hydrogen) atoms. The monoisotopic (exact) mass is 286 g/mol. The van der Waals surface area contributed by atoms with Gasteiger partial charge < -0.3 is 10.2 Å². The lowest BCUT2D eigenvalue weighted by Gasteiger charge is -2.25. The topological polar surface area (TPSA) is 32.3 Å². The summed E-state index contributed by atoms with van der Waals surface area (Å²) in [7, 11) is 1.94. The van der Waals surface area contributed by atoms with Gasteiger partial charge in [-0.15, -0.1) is 0 Å². The molecule has 3 nitrogen and oxygen atoms in total. The van der Waals surface area contributed by atoms with E-state index in [-0.39, 0.29) is 5.92 Å². The van der Waals surface area contributed by atoms with Crippen LogP contribution in [0.3, 0.4) is 0 Å². The van der Waals surface area contributed by atoms with Gasteiger partial charge in [0, 0.05) is 25.7 Å². The van der Waals surface area contributed by atoms with Crippen LogP contribution >= 0.6 is 0 Å². The van der Waals surface area contributed by atoms with Crippen molar-refractivity contribution in [2.75, 3.05) is 7.05 Å². The van der Waals surface area contributed by atoms with Gasteiger partial charge in [-0.05, 0) is 36.3 Å². The molecule has 1 aromatic carbocycles. The van der Waals surface area contributed by atoms with E-state index >= 15 is 0 Å². The van der Waals surface area contributed by atoms with E-state index in [0.29, 0.717) is 30.5 Å². The molecule has 1 aromatic rings. The molecule has 2 fully saturated rings. The third-order valence-electron chi connectivity index (χ3n) is 5.06. The van der Waals surface area contributed by atoms with E-state index < -0.39 is 0 Å². The molecule has 2 heterocycles. The largest absolute Gasteiger partial charge is 0.341 e. The smallest absolute Gasteiger partial charge is 0.227 e. The molecule has 2 bridgehead atoms. The van der Waals surface area contributed by atoms with Crippen LogP contribution in [0.25, 0.3) is 0 Å². The maximum Gasteiger partial charge on any atom is 0.227 e. The maximum atomic E-state index is 12.6. The molecule has 114 valence electrons. The van der Waals surface area contributed by atoms with E-state index in [1.807, 2.05) is 11.9 Å². The minimum Gasteiger partial charge on any atom is -0.341 e. The second-order valence-electron chi connectivity index (χ2n) is 6.98. The summed E-state index contributed by atoms with van der Waals surface area (Å²) in [6, 6.07) is 9.67. The van der Waals surface area contributed by atoms with Crippen LogP contribution in [-0.4, -0.2) is 29.9 Å². The van der Waals surface area contributed by atoms with E-state index in [4.69, 9.17) is 0 Å². The third kappa shape index (κ3) is 2.98. The van der Waals surface area contributed by atoms with Crippen molar-refractivity contribution >= 4 is 5.91 Å². The van der Waals surface area contributed by atoms with Gasteiger partial charge in [0.25, 0.3) is 0 Å². The second kappa shape index (κ2) is 5.80. The minimum atomic E-state index is 0.198. The molecular formula is C18H26N2O. The van der Waals surface area contributed by atoms with Crippen molar-refractivity contribution < 1.29 is 4.79 Å². The highest BCUT2D eigenvalue weighted by Crippen LogP contribution is 2.34. The van der Waals surface area contributed by atoms with Crippen molar-refractivity contribution in [2.45, 2.75) is 57.7 Å². The first-order chi connectivity index (χ1) is 10.0. The Morgan fingerprint density at radius 1 is 1.29 bits per heavy atom. The fraction of sp³-hybridized carbons (Fsp3) is 0.611. The lowest BCUT2D eigenvalue weighted by molar-refractivity contribution is -0.135. The number of nitrogens with one attached hydrogen (secondary N) is 1. The minimum absolute atomic E-state index is 0.198. The van der Waals surface area contributed by atoms with Crippen molar-refractivity contribution in [3.05, 3.63) is 35.4 Å². The molecule has 0 aliphatic carbocycles. The number of fused-ring (bicyclic) bond motifs is 2. The normalized spacial score (nSPS) is 27.3. The summed E-state index contributed by atoms with van der Waals surface area (Å²) in [5.41, 5.74) is 2.57. The molecule has 2 aliphatic heterocycles. The molecule has 1 N–H and O–H groups in total. The first kappa shape index (κ1) is 14.6. The lowest BCUT2D eigenvalue weighted by atomic mass is 9.88. The molecule has 1 amide bonds. The number of hydrogen-bond acceptors (Lipinski definition) is 2. The fourth-order valence-electron chi connectivity index (χ4n) is 3.74. The van der Waals surface area contributed by atoms with Gasteiger partial charge in [0.1, 0.15) is 0 Å². The summed E-state index contributed by atoms with van der Waals surface area (Å²) in [4.78, 5) is 14.5. The number of benzene rings is 1. The Morgan fingerprint density at radius 3 is 2.52 bits per heavy atom. The van der Waals surface area contributed by atoms with E-state index in [1.54, 1.807) is 0 Å². The Hall–Kier alpha value is -1.35. The summed E-state index contributed by atoms with van der Waals surface area (Å²) < 4.78 is 0. The zero-order valence-electron chi connectivity index (χ0n) is 13.3. The SMILES string of the molecule is CC(C)c1ccc(CN(C)C(=O)C2CC3CCC2N3)cc1. The van der Waals surface area contributed by atoms with Crippen LogP contribution in [0.5, 0.6) is 0 Å². The molecule has 0 spiro atoms. The summed E-state index contributed by atoms with van der Waals surface area (Å²) >= 11 is 0. The standard InChI is InChI=1S/C18H26N2O/c1-12(2)14-6-4-13(5-7-14)11-20(3)18(21)16-10-15-8-9-17(16)19-15/h4-7,12,15-17,19H,8-11H2,1-3H3. The Bertz CT molecular complexity index is 508. The molecule has 3 unspecified atom stereocenters. The second-order valence-corrected chi connectivity index (χ2v) is 6.98. The molecule has 2 saturated heterocycles. The summed E-state index contributed by atoms with van der Waals surface area (Å²) in [5, 5.41) is 3.55. The average molecular weight is 286 g/mol. The van der Waals surface area contributed by atoms with Crippen LogP contribution in [0.4, 0.5) is 0 Å². The fourth-order valence-corrected chi connectivity index (χ4v) is 3.74. The van der Waals surface area contributed by atoms with E-state index in [2.05, 4.69) is 43.4 Å². The van der Waals surface area contributed by atoms with Crippen molar-refractivity contribution in [1.82, 2.24) is 10.2 Å². The van der Waals surface area contributed by atoms with E-state index in [1.165, 1.54) is 17.5 Å². The summed E-state index contributed by atoms with van der Waals surface area (Å²) in [6.45, 7) is 5.12. The van der Waals surface area contributed by atoms with Gasteiger partial charge >= 0.3 is 0 Å². The predicted molar refractivity (Wildman–Crippen MR) is 85.1 cm³/mol. The quantitative estimate of drug-likeness (QED) is 0.923. The van der Waals surface area contributed by atoms with E-state index in [0.717, 1.165) is 12.8 Å². The van der Waals surface area contributed by atoms with Gasteiger partial charge in [-0.3, -0.25) is 4.79 Å². The molecule has 3 atom stereocenters. The van der Waals surface area contributed by atoms with Crippen LogP contribution in [0.2, 0.25) is 0 Å². The number of amides is 1. The molecular weight excluding hydrogens is 260 g/mol. The Balaban J connectivity index is 1.60. The van der Waals surface area contributed by atoms with Gasteiger partial charge in [0.15, 0.2) is 0 Å². The van der Waals surface area contributed by atoms with Crippen LogP contribution in [0.1, 0.15) is 50.2 Å². The Morgan fingerprint density at radius 2 is 2.00 bits per heavy atom. The van der Waals surface area contributed by atoms with Crippen molar-refractivity contribution in [1.29, 1.82) is 0 Å². The first-order valence-corrected chi connectivity index (χ1v) is 8.14. The number of carbonyl (C=O) groups excluding carboxylic acids is 1. The molecule has 0 saturated carbocycles. The zero-order valence-corrected chi connectivity index (χ0v) is 13.3. The van der Waals surface area contributed by atoms with Crippen molar-refractivity contribution in [3.8, 4) is 0 Å². The molecule has 3 heteroatoms. The molecule has 0 radical (unpaired) electrons. The van der Waals surface area contributed by atoms with Crippen LogP contribution in [0, 0.1) is 5.92 Å². The number of hydrogen-bond donors (Lipinski definition) is 1. The molecule has 0 aromatic heterocycles. The average Bonchev–Trinajstić information content (AvgIpc) is 3.09. The molecule has 3 rings (SSSR count). The van der Waals surface area contributed by atoms with Gasteiger partial charge in [0.05, 0.1) is 5.92 Å². The lowest BCUT2D eigenvalue weighted by Crippen LogP contribution is -2.38. The van der Waals surface area contributed by atoms with Crippen LogP contribution in [0.15, 0.2) is 24.3 Å². The summed E-state index contributed by atoms with van der Waals surface area (Å²) in [6.07, 6.45) is 3.44. The molecule has 2 aliphatic rings. The van der Waals surface area contributed by atoms with Gasteiger partial charge in [-0.25, -0.2) is 0 Å². The zero-order chi connectivity index (χ0) is 15.0. The predicted octanol–water partition coefficient (Wildman–Crippen LogP) is 2.91. The van der Waals surface area contributed by atoms with Gasteiger partial charge in [0.2, 0.25) is 5.91 Å². The number of rotatable bonds is 4. The van der Waals surface area contributed by atoms with Crippen LogP contribution in [-0.2, 0) is 11.3 Å². The first-order valence-electron chi connectivity index (χ1n) is 8.14. The third-order valence-corrected chi connectivity index (χ3v) is 5.06. The number of carbonyl (C=O) groups is 1. The highest BCUT2D eigenvalue weighted by molar-refractivity contribution is 5.80. The highest BCUT2D eigenvalue weighted by Gasteiger charge is 2.43. The van der Waals surface area contributed by atoms with Gasteiger partial charge in [-0.1, -0.05) is 38.1 Å². The van der Waals surface area contributed by atoms with Crippen LogP contribution < -0.4 is 5.32 Å². The van der Waals surface area contributed by atoms with Crippen molar-refractivity contribution in [2.24, 2.45) is 5.92 Å². The van der Waals surface area contributed by atoms with Gasteiger partial charge in [-0.2, -0.15) is 0 Å². The number of nitrogens with zero attached hydrogens (tertiary/aromatic N) is 1. The van der Waals surface area contributed by atoms with Crippen molar-refractivity contribution in [3.63, 3.8) is 0 Å².